The summed E-state index contributed by atoms with van der Waals surface area (Å²) in [6.07, 6.45) is 0.971. The van der Waals surface area contributed by atoms with Crippen molar-refractivity contribution in [3.05, 3.63) is 65.5 Å². The first-order valence-corrected chi connectivity index (χ1v) is 9.27. The third kappa shape index (κ3) is 5.13. The lowest BCUT2D eigenvalue weighted by molar-refractivity contribution is -0.116. The normalized spacial score (nSPS) is 10.5. The molecule has 0 aliphatic rings. The molecular weight excluding hydrogens is 356 g/mol. The molecule has 6 nitrogen and oxygen atoms in total. The largest absolute Gasteiger partial charge is 0.494 e. The molecule has 1 N–H and O–H groups in total. The molecule has 0 saturated heterocycles. The third-order valence-corrected chi connectivity index (χ3v) is 4.29. The molecule has 0 atom stereocenters. The van der Waals surface area contributed by atoms with Crippen LogP contribution in [-0.4, -0.2) is 17.7 Å². The maximum Gasteiger partial charge on any atom is 0.224 e. The van der Waals surface area contributed by atoms with Crippen LogP contribution in [0.3, 0.4) is 0 Å². The van der Waals surface area contributed by atoms with Gasteiger partial charge in [-0.25, -0.2) is 0 Å². The minimum atomic E-state index is -0.0554. The predicted octanol–water partition coefficient (Wildman–Crippen LogP) is 5.05. The minimum absolute atomic E-state index is 0.0554. The van der Waals surface area contributed by atoms with Gasteiger partial charge in [-0.15, -0.1) is 0 Å². The van der Waals surface area contributed by atoms with E-state index in [0.29, 0.717) is 25.2 Å². The van der Waals surface area contributed by atoms with E-state index in [4.69, 9.17) is 14.0 Å². The van der Waals surface area contributed by atoms with Crippen LogP contribution in [0, 0.1) is 13.8 Å². The smallest absolute Gasteiger partial charge is 0.224 e. The Morgan fingerprint density at radius 3 is 2.18 bits per heavy atom. The van der Waals surface area contributed by atoms with Gasteiger partial charge in [0.25, 0.3) is 0 Å². The van der Waals surface area contributed by atoms with Crippen molar-refractivity contribution in [1.82, 2.24) is 5.16 Å². The molecule has 2 aromatic carbocycles. The quantitative estimate of drug-likeness (QED) is 0.592. The van der Waals surface area contributed by atoms with Crippen LogP contribution in [0.25, 0.3) is 0 Å². The number of rotatable bonds is 8. The van der Waals surface area contributed by atoms with Gasteiger partial charge in [0.15, 0.2) is 0 Å². The zero-order valence-electron chi connectivity index (χ0n) is 16.3. The lowest BCUT2D eigenvalue weighted by Crippen LogP contribution is -2.12. The lowest BCUT2D eigenvalue weighted by atomic mass is 10.1. The molecule has 0 aliphatic heterocycles. The number of ether oxygens (including phenoxy) is 2. The molecule has 0 saturated carbocycles. The molecule has 1 aromatic heterocycles. The third-order valence-electron chi connectivity index (χ3n) is 4.29. The van der Waals surface area contributed by atoms with Crippen LogP contribution in [-0.2, 0) is 11.2 Å². The van der Waals surface area contributed by atoms with Gasteiger partial charge < -0.3 is 19.3 Å². The molecule has 3 aromatic rings. The summed E-state index contributed by atoms with van der Waals surface area (Å²) in [4.78, 5) is 12.2. The molecule has 0 radical (unpaired) electrons. The predicted molar refractivity (Wildman–Crippen MR) is 107 cm³/mol. The topological polar surface area (TPSA) is 73.6 Å². The second kappa shape index (κ2) is 9.08. The van der Waals surface area contributed by atoms with E-state index in [9.17, 15) is 4.79 Å². The SMILES string of the molecule is CCOc1ccc(Oc2ccc(NC(=O)CCc3c(C)noc3C)cc2)cc1. The number of hydrogen-bond donors (Lipinski definition) is 1. The Kier molecular flexibility index (Phi) is 6.32. The maximum absolute atomic E-state index is 12.2. The molecule has 0 spiro atoms. The number of amides is 1. The van der Waals surface area contributed by atoms with Crippen LogP contribution in [0.15, 0.2) is 53.1 Å². The average molecular weight is 380 g/mol. The van der Waals surface area contributed by atoms with E-state index in [-0.39, 0.29) is 5.91 Å². The fourth-order valence-electron chi connectivity index (χ4n) is 2.83. The van der Waals surface area contributed by atoms with Gasteiger partial charge in [-0.1, -0.05) is 5.16 Å². The monoisotopic (exact) mass is 380 g/mol. The number of aryl methyl sites for hydroxylation is 2. The molecule has 0 bridgehead atoms. The van der Waals surface area contributed by atoms with Crippen LogP contribution in [0.4, 0.5) is 5.69 Å². The molecule has 3 rings (SSSR count). The molecular formula is C22H24N2O4. The minimum Gasteiger partial charge on any atom is -0.494 e. The zero-order chi connectivity index (χ0) is 19.9. The summed E-state index contributed by atoms with van der Waals surface area (Å²) < 4.78 is 16.3. The first kappa shape index (κ1) is 19.5. The van der Waals surface area contributed by atoms with Crippen molar-refractivity contribution in [3.63, 3.8) is 0 Å². The van der Waals surface area contributed by atoms with E-state index in [1.165, 1.54) is 0 Å². The first-order chi connectivity index (χ1) is 13.5. The Morgan fingerprint density at radius 2 is 1.61 bits per heavy atom. The van der Waals surface area contributed by atoms with E-state index >= 15 is 0 Å². The molecule has 0 fully saturated rings. The number of carbonyl (C=O) groups excluding carboxylic acids is 1. The van der Waals surface area contributed by atoms with Gasteiger partial charge in [-0.2, -0.15) is 0 Å². The summed E-state index contributed by atoms with van der Waals surface area (Å²) in [6, 6.07) is 14.7. The lowest BCUT2D eigenvalue weighted by Gasteiger charge is -2.09. The van der Waals surface area contributed by atoms with Crippen LogP contribution < -0.4 is 14.8 Å². The standard InChI is InChI=1S/C22H24N2O4/c1-4-26-18-9-11-20(12-10-18)27-19-7-5-17(6-8-19)23-22(25)14-13-21-15(2)24-28-16(21)3/h5-12H,4,13-14H2,1-3H3,(H,23,25). The van der Waals surface area contributed by atoms with Gasteiger partial charge in [0.2, 0.25) is 5.91 Å². The van der Waals surface area contributed by atoms with Crippen molar-refractivity contribution < 1.29 is 18.8 Å². The summed E-state index contributed by atoms with van der Waals surface area (Å²) in [5.74, 6) is 2.93. The summed E-state index contributed by atoms with van der Waals surface area (Å²) in [5.41, 5.74) is 2.55. The van der Waals surface area contributed by atoms with E-state index in [1.807, 2.05) is 69.3 Å². The Bertz CT molecular complexity index is 895. The van der Waals surface area contributed by atoms with Crippen molar-refractivity contribution in [3.8, 4) is 17.2 Å². The number of carbonyl (C=O) groups is 1. The number of nitrogens with one attached hydrogen (secondary N) is 1. The number of benzene rings is 2. The van der Waals surface area contributed by atoms with Gasteiger partial charge in [-0.3, -0.25) is 4.79 Å². The van der Waals surface area contributed by atoms with Crippen LogP contribution >= 0.6 is 0 Å². The number of aromatic nitrogens is 1. The van der Waals surface area contributed by atoms with Gasteiger partial charge in [-0.05, 0) is 75.7 Å². The second-order valence-electron chi connectivity index (χ2n) is 6.38. The van der Waals surface area contributed by atoms with Crippen molar-refractivity contribution in [2.75, 3.05) is 11.9 Å². The van der Waals surface area contributed by atoms with Gasteiger partial charge in [0.05, 0.1) is 12.3 Å². The molecule has 0 unspecified atom stereocenters. The number of anilines is 1. The van der Waals surface area contributed by atoms with Crippen molar-refractivity contribution in [1.29, 1.82) is 0 Å². The highest BCUT2D eigenvalue weighted by atomic mass is 16.5. The van der Waals surface area contributed by atoms with E-state index in [2.05, 4.69) is 10.5 Å². The molecule has 28 heavy (non-hydrogen) atoms. The summed E-state index contributed by atoms with van der Waals surface area (Å²) in [6.45, 7) is 6.32. The van der Waals surface area contributed by atoms with Crippen LogP contribution in [0.2, 0.25) is 0 Å². The van der Waals surface area contributed by atoms with E-state index in [1.54, 1.807) is 0 Å². The van der Waals surface area contributed by atoms with Gasteiger partial charge in [0, 0.05) is 17.7 Å². The fourth-order valence-corrected chi connectivity index (χ4v) is 2.83. The highest BCUT2D eigenvalue weighted by Gasteiger charge is 2.11. The zero-order valence-corrected chi connectivity index (χ0v) is 16.3. The number of hydrogen-bond acceptors (Lipinski definition) is 5. The van der Waals surface area contributed by atoms with Crippen molar-refractivity contribution in [2.24, 2.45) is 0 Å². The Labute approximate surface area is 164 Å². The Morgan fingerprint density at radius 1 is 1.00 bits per heavy atom. The molecule has 1 heterocycles. The highest BCUT2D eigenvalue weighted by molar-refractivity contribution is 5.90. The second-order valence-corrected chi connectivity index (χ2v) is 6.38. The summed E-state index contributed by atoms with van der Waals surface area (Å²) >= 11 is 0. The van der Waals surface area contributed by atoms with Gasteiger partial charge >= 0.3 is 0 Å². The first-order valence-electron chi connectivity index (χ1n) is 9.27. The van der Waals surface area contributed by atoms with Gasteiger partial charge in [0.1, 0.15) is 23.0 Å². The van der Waals surface area contributed by atoms with E-state index < -0.39 is 0 Å². The Hall–Kier alpha value is -3.28. The van der Waals surface area contributed by atoms with Crippen molar-refractivity contribution >= 4 is 11.6 Å². The fraction of sp³-hybridized carbons (Fsp3) is 0.273. The Balaban J connectivity index is 1.51. The molecule has 0 aliphatic carbocycles. The summed E-state index contributed by atoms with van der Waals surface area (Å²) in [5, 5.41) is 6.80. The number of nitrogens with zero attached hydrogens (tertiary/aromatic N) is 1. The molecule has 1 amide bonds. The van der Waals surface area contributed by atoms with Crippen LogP contribution in [0.5, 0.6) is 17.2 Å². The van der Waals surface area contributed by atoms with E-state index in [0.717, 1.165) is 34.2 Å². The molecule has 6 heteroatoms. The average Bonchev–Trinajstić information content (AvgIpc) is 3.01. The van der Waals surface area contributed by atoms with Crippen molar-refractivity contribution in [2.45, 2.75) is 33.6 Å². The maximum atomic E-state index is 12.2. The van der Waals surface area contributed by atoms with Crippen LogP contribution in [0.1, 0.15) is 30.4 Å². The highest BCUT2D eigenvalue weighted by Crippen LogP contribution is 2.25. The summed E-state index contributed by atoms with van der Waals surface area (Å²) in [7, 11) is 0. The molecule has 146 valence electrons.